The smallest absolute Gasteiger partial charge is 0.334 e. The summed E-state index contributed by atoms with van der Waals surface area (Å²) in [5.74, 6) is -3.64. The molecule has 3 heterocycles. The number of hydrogen-bond acceptors (Lipinski definition) is 18. The quantitative estimate of drug-likeness (QED) is 0.0638. The summed E-state index contributed by atoms with van der Waals surface area (Å²) in [7, 11) is 0. The molecule has 2 saturated heterocycles. The number of carboxylic acid groups (broad SMARTS) is 1. The molecule has 2 fully saturated rings. The van der Waals surface area contributed by atoms with Gasteiger partial charge in [0, 0.05) is 17.1 Å². The number of ether oxygens (including phenoxy) is 2. The van der Waals surface area contributed by atoms with Crippen LogP contribution in [0.2, 0.25) is 0 Å². The van der Waals surface area contributed by atoms with Gasteiger partial charge in [0.05, 0.1) is 17.7 Å². The van der Waals surface area contributed by atoms with Crippen LogP contribution in [0.1, 0.15) is 18.7 Å². The van der Waals surface area contributed by atoms with Crippen molar-refractivity contribution in [3.8, 4) is 0 Å². The zero-order chi connectivity index (χ0) is 31.1. The van der Waals surface area contributed by atoms with Crippen molar-refractivity contribution in [2.24, 2.45) is 5.92 Å². The number of nitrogen functional groups attached to an aromatic ring is 1. The maximum Gasteiger partial charge on any atom is 0.334 e. The van der Waals surface area contributed by atoms with Gasteiger partial charge in [-0.25, -0.2) is 14.6 Å². The van der Waals surface area contributed by atoms with Crippen LogP contribution in [0.15, 0.2) is 5.38 Å². The summed E-state index contributed by atoms with van der Waals surface area (Å²) < 4.78 is 9.95. The van der Waals surface area contributed by atoms with E-state index >= 15 is 0 Å². The Morgan fingerprint density at radius 2 is 1.93 bits per heavy atom. The van der Waals surface area contributed by atoms with E-state index in [1.165, 1.54) is 17.1 Å². The molecular formula is C22H33N5O13S2. The first-order valence-electron chi connectivity index (χ1n) is 12.5. The van der Waals surface area contributed by atoms with E-state index in [9.17, 15) is 44.7 Å². The van der Waals surface area contributed by atoms with Gasteiger partial charge in [-0.05, 0) is 6.92 Å². The molecule has 1 aromatic heterocycles. The third-order valence-electron chi connectivity index (χ3n) is 6.50. The lowest BCUT2D eigenvalue weighted by Crippen LogP contribution is -2.60. The number of nitrogens with zero attached hydrogens (tertiary/aromatic N) is 1. The molecule has 236 valence electrons. The van der Waals surface area contributed by atoms with E-state index < -0.39 is 91.6 Å². The van der Waals surface area contributed by atoms with Crippen LogP contribution in [0.3, 0.4) is 0 Å². The highest BCUT2D eigenvalue weighted by Gasteiger charge is 2.49. The number of carbonyl (C=O) groups is 4. The number of cyclic esters (lactones) is 1. The van der Waals surface area contributed by atoms with Gasteiger partial charge in [0.2, 0.25) is 5.91 Å². The van der Waals surface area contributed by atoms with Gasteiger partial charge in [-0.1, -0.05) is 0 Å². The van der Waals surface area contributed by atoms with Crippen LogP contribution in [0.5, 0.6) is 0 Å². The molecule has 0 saturated carbocycles. The van der Waals surface area contributed by atoms with Crippen molar-refractivity contribution in [3.63, 3.8) is 0 Å². The van der Waals surface area contributed by atoms with E-state index in [0.29, 0.717) is 5.75 Å². The van der Waals surface area contributed by atoms with Crippen molar-refractivity contribution in [3.05, 3.63) is 11.1 Å². The molecule has 2 aliphatic heterocycles. The molecular weight excluding hydrogens is 606 g/mol. The fourth-order valence-corrected chi connectivity index (χ4v) is 6.20. The van der Waals surface area contributed by atoms with E-state index in [1.54, 1.807) is 6.92 Å². The van der Waals surface area contributed by atoms with Crippen LogP contribution in [0, 0.1) is 5.92 Å². The Labute approximate surface area is 246 Å². The number of aliphatic hydroxyl groups is 5. The number of rotatable bonds is 15. The zero-order valence-electron chi connectivity index (χ0n) is 22.1. The molecule has 2 aliphatic rings. The minimum absolute atomic E-state index is 0.0417. The molecule has 0 radical (unpaired) electrons. The minimum Gasteiger partial charge on any atom is -0.480 e. The molecule has 1 aromatic rings. The molecule has 18 nitrogen and oxygen atoms in total. The molecule has 0 spiro atoms. The van der Waals surface area contributed by atoms with Crippen LogP contribution >= 0.6 is 23.1 Å². The normalized spacial score (nSPS) is 26.2. The van der Waals surface area contributed by atoms with Gasteiger partial charge in [-0.15, -0.1) is 23.1 Å². The molecule has 3 rings (SSSR count). The number of hydrogen-bond donors (Lipinski definition) is 10. The minimum atomic E-state index is -1.95. The van der Waals surface area contributed by atoms with Crippen molar-refractivity contribution in [2.45, 2.75) is 60.9 Å². The Morgan fingerprint density at radius 3 is 2.55 bits per heavy atom. The van der Waals surface area contributed by atoms with E-state index in [4.69, 9.17) is 25.2 Å². The van der Waals surface area contributed by atoms with E-state index in [0.717, 1.165) is 11.3 Å². The topological polar surface area (TPSA) is 292 Å². The van der Waals surface area contributed by atoms with Crippen molar-refractivity contribution >= 4 is 52.0 Å². The number of esters is 2. The number of fused-ring (bicyclic) bond motifs is 1. The lowest BCUT2D eigenvalue weighted by Gasteiger charge is -2.34. The molecule has 0 aromatic carbocycles. The summed E-state index contributed by atoms with van der Waals surface area (Å²) in [6, 6.07) is -3.67. The van der Waals surface area contributed by atoms with Crippen molar-refractivity contribution in [1.29, 1.82) is 0 Å². The Bertz CT molecular complexity index is 1110. The molecule has 0 aliphatic carbocycles. The van der Waals surface area contributed by atoms with Crippen LogP contribution in [0.4, 0.5) is 5.13 Å². The summed E-state index contributed by atoms with van der Waals surface area (Å²) in [6.07, 6.45) is -7.77. The molecule has 10 atom stereocenters. The fourth-order valence-electron chi connectivity index (χ4n) is 4.10. The summed E-state index contributed by atoms with van der Waals surface area (Å²) in [5.41, 5.74) is 8.00. The molecule has 20 heteroatoms. The van der Waals surface area contributed by atoms with Crippen LogP contribution in [-0.2, 0) is 33.5 Å². The van der Waals surface area contributed by atoms with Gasteiger partial charge in [0.1, 0.15) is 43.2 Å². The van der Waals surface area contributed by atoms with Crippen molar-refractivity contribution in [1.82, 2.24) is 21.1 Å². The lowest BCUT2D eigenvalue weighted by molar-refractivity contribution is -0.164. The maximum atomic E-state index is 13.2. The van der Waals surface area contributed by atoms with Gasteiger partial charge in [-0.2, -0.15) is 5.48 Å². The first-order chi connectivity index (χ1) is 19.8. The van der Waals surface area contributed by atoms with E-state index in [-0.39, 0.29) is 22.8 Å². The van der Waals surface area contributed by atoms with Gasteiger partial charge < -0.3 is 51.2 Å². The van der Waals surface area contributed by atoms with E-state index in [1.807, 2.05) is 0 Å². The number of nitrogens with two attached hydrogens (primary N) is 1. The average Bonchev–Trinajstić information content (AvgIpc) is 3.52. The largest absolute Gasteiger partial charge is 0.480 e. The maximum absolute atomic E-state index is 13.2. The highest BCUT2D eigenvalue weighted by molar-refractivity contribution is 8.00. The number of amides is 1. The SMILES string of the molecule is CC1OC(=O)C2N[C@@H](C(NC(=O)[C@H](NOCC(=O)OC[C@@H](O)[C@@H](O)[C@H](O)[C@H](O)CO)c3csc(N)n3)C(=O)O)SCC12. The molecule has 1 amide bonds. The van der Waals surface area contributed by atoms with Gasteiger partial charge in [-0.3, -0.25) is 19.7 Å². The second-order valence-corrected chi connectivity index (χ2v) is 11.5. The second kappa shape index (κ2) is 15.2. The number of carbonyl (C=O) groups excluding carboxylic acids is 3. The highest BCUT2D eigenvalue weighted by atomic mass is 32.2. The molecule has 4 unspecified atom stereocenters. The van der Waals surface area contributed by atoms with Crippen LogP contribution in [0.25, 0.3) is 0 Å². The number of aliphatic hydroxyl groups excluding tert-OH is 5. The summed E-state index contributed by atoms with van der Waals surface area (Å²) in [5, 5.41) is 63.2. The van der Waals surface area contributed by atoms with Gasteiger partial charge >= 0.3 is 17.9 Å². The van der Waals surface area contributed by atoms with Crippen LogP contribution < -0.4 is 21.8 Å². The number of anilines is 1. The predicted octanol–water partition coefficient (Wildman–Crippen LogP) is -4.57. The average molecular weight is 640 g/mol. The zero-order valence-corrected chi connectivity index (χ0v) is 23.7. The standard InChI is InChI=1S/C22H33N5O13S2/c1-7-8-5-41-19(26-13(8)21(37)40-7)15(20(35)36)25-18(34)14(9-6-42-22(23)24-9)27-39-4-12(31)38-3-11(30)17(33)16(32)10(29)2-28/h6-8,10-11,13-17,19,26-30,32-33H,2-5H2,1H3,(H2,23,24)(H,25,34)(H,35,36)/t7?,8?,10-,11-,13?,14-,15?,16-,17-,19-/m1/s1. The Morgan fingerprint density at radius 1 is 1.24 bits per heavy atom. The van der Waals surface area contributed by atoms with Crippen molar-refractivity contribution in [2.75, 3.05) is 31.3 Å². The molecule has 0 bridgehead atoms. The first-order valence-corrected chi connectivity index (χ1v) is 14.4. The number of thiazole rings is 1. The Kier molecular flexibility index (Phi) is 12.2. The van der Waals surface area contributed by atoms with E-state index in [2.05, 4.69) is 21.1 Å². The van der Waals surface area contributed by atoms with Crippen LogP contribution in [-0.4, -0.2) is 133 Å². The predicted molar refractivity (Wildman–Crippen MR) is 142 cm³/mol. The number of hydroxylamine groups is 1. The van der Waals surface area contributed by atoms with Crippen molar-refractivity contribution < 1.29 is 64.1 Å². The Balaban J connectivity index is 1.58. The lowest BCUT2D eigenvalue weighted by atomic mass is 9.99. The number of aromatic nitrogens is 1. The first kappa shape index (κ1) is 33.8. The fraction of sp³-hybridized carbons (Fsp3) is 0.682. The number of thioether (sulfide) groups is 1. The number of nitrogens with one attached hydrogen (secondary N) is 3. The molecule has 11 N–H and O–H groups in total. The number of aliphatic carboxylic acids is 1. The highest BCUT2D eigenvalue weighted by Crippen LogP contribution is 2.34. The third-order valence-corrected chi connectivity index (χ3v) is 8.53. The second-order valence-electron chi connectivity index (χ2n) is 9.46. The molecule has 42 heavy (non-hydrogen) atoms. The summed E-state index contributed by atoms with van der Waals surface area (Å²) in [6.45, 7) is -0.791. The van der Waals surface area contributed by atoms with Gasteiger partial charge in [0.15, 0.2) is 23.8 Å². The Hall–Kier alpha value is -2.66. The summed E-state index contributed by atoms with van der Waals surface area (Å²) >= 11 is 2.19. The summed E-state index contributed by atoms with van der Waals surface area (Å²) in [4.78, 5) is 58.6. The number of carboxylic acids is 1. The monoisotopic (exact) mass is 639 g/mol. The third kappa shape index (κ3) is 8.46. The van der Waals surface area contributed by atoms with Gasteiger partial charge in [0.25, 0.3) is 0 Å².